The molecule has 3 rings (SSSR count). The molecule has 0 aliphatic rings. The van der Waals surface area contributed by atoms with Crippen LogP contribution in [0, 0.1) is 0 Å². The van der Waals surface area contributed by atoms with Gasteiger partial charge < -0.3 is 0 Å². The molecule has 0 fully saturated rings. The van der Waals surface area contributed by atoms with E-state index in [2.05, 4.69) is 90.1 Å². The average molecular weight is 290 g/mol. The highest BCUT2D eigenvalue weighted by molar-refractivity contribution is 6.09. The summed E-state index contributed by atoms with van der Waals surface area (Å²) in [5.41, 5.74) is 3.16. The highest BCUT2D eigenvalue weighted by atomic mass is 14.2. The Morgan fingerprint density at radius 2 is 1.23 bits per heavy atom. The van der Waals surface area contributed by atoms with Gasteiger partial charge in [0.1, 0.15) is 0 Å². The van der Waals surface area contributed by atoms with Gasteiger partial charge >= 0.3 is 0 Å². The standard InChI is InChI=1S/C22H26/c1-21(2,3)16-11-12-17-15(13-16)14-20(22(4,5)6)19-10-8-7-9-18(17)19/h7-14H,1-6H3. The summed E-state index contributed by atoms with van der Waals surface area (Å²) in [4.78, 5) is 0. The van der Waals surface area contributed by atoms with Crippen LogP contribution in [0.25, 0.3) is 21.5 Å². The third-order valence-electron chi connectivity index (χ3n) is 4.53. The fourth-order valence-corrected chi connectivity index (χ4v) is 3.20. The lowest BCUT2D eigenvalue weighted by Crippen LogP contribution is -2.13. The number of hydrogen-bond donors (Lipinski definition) is 0. The minimum atomic E-state index is 0.144. The van der Waals surface area contributed by atoms with Crippen LogP contribution in [0.4, 0.5) is 0 Å². The molecule has 3 aromatic rings. The van der Waals surface area contributed by atoms with Crippen molar-refractivity contribution < 1.29 is 0 Å². The molecular weight excluding hydrogens is 264 g/mol. The van der Waals surface area contributed by atoms with Gasteiger partial charge in [-0.25, -0.2) is 0 Å². The Bertz CT molecular complexity index is 839. The zero-order chi connectivity index (χ0) is 16.1. The van der Waals surface area contributed by atoms with Crippen molar-refractivity contribution in [3.63, 3.8) is 0 Å². The first-order valence-corrected chi connectivity index (χ1v) is 8.14. The Morgan fingerprint density at radius 3 is 1.82 bits per heavy atom. The maximum atomic E-state index is 2.40. The molecule has 0 heteroatoms. The second-order valence-corrected chi connectivity index (χ2v) is 8.41. The molecule has 0 amide bonds. The van der Waals surface area contributed by atoms with E-state index in [0.29, 0.717) is 0 Å². The maximum absolute atomic E-state index is 2.40. The summed E-state index contributed by atoms with van der Waals surface area (Å²) in [5, 5.41) is 5.46. The van der Waals surface area contributed by atoms with Crippen LogP contribution in [0.15, 0.2) is 48.5 Å². The zero-order valence-corrected chi connectivity index (χ0v) is 14.6. The number of hydrogen-bond acceptors (Lipinski definition) is 0. The van der Waals surface area contributed by atoms with E-state index in [4.69, 9.17) is 0 Å². The van der Waals surface area contributed by atoms with Crippen LogP contribution in [0.5, 0.6) is 0 Å². The molecule has 0 aliphatic carbocycles. The van der Waals surface area contributed by atoms with E-state index >= 15 is 0 Å². The molecule has 0 aliphatic heterocycles. The lowest BCUT2D eigenvalue weighted by molar-refractivity contribution is 0.590. The van der Waals surface area contributed by atoms with E-state index < -0.39 is 0 Å². The van der Waals surface area contributed by atoms with Crippen LogP contribution in [0.2, 0.25) is 0 Å². The van der Waals surface area contributed by atoms with Crippen LogP contribution >= 0.6 is 0 Å². The Hall–Kier alpha value is -1.82. The van der Waals surface area contributed by atoms with Gasteiger partial charge in [-0.1, -0.05) is 84.0 Å². The molecule has 0 bridgehead atoms. The summed E-state index contributed by atoms with van der Waals surface area (Å²) >= 11 is 0. The lowest BCUT2D eigenvalue weighted by Gasteiger charge is -2.24. The van der Waals surface area contributed by atoms with Gasteiger partial charge in [-0.05, 0) is 49.6 Å². The van der Waals surface area contributed by atoms with E-state index in [1.54, 1.807) is 0 Å². The molecule has 0 spiro atoms. The molecule has 0 atom stereocenters. The van der Waals surface area contributed by atoms with Crippen molar-refractivity contribution >= 4 is 21.5 Å². The van der Waals surface area contributed by atoms with Crippen molar-refractivity contribution in [1.29, 1.82) is 0 Å². The molecule has 0 N–H and O–H groups in total. The van der Waals surface area contributed by atoms with Crippen LogP contribution in [0.1, 0.15) is 52.7 Å². The Kier molecular flexibility index (Phi) is 3.32. The SMILES string of the molecule is CC(C)(C)c1ccc2c(c1)cc(C(C)(C)C)c1ccccc12. The normalized spacial score (nSPS) is 13.0. The van der Waals surface area contributed by atoms with Gasteiger partial charge in [0.15, 0.2) is 0 Å². The summed E-state index contributed by atoms with van der Waals surface area (Å²) in [7, 11) is 0. The average Bonchev–Trinajstić information content (AvgIpc) is 2.44. The van der Waals surface area contributed by atoms with Crippen molar-refractivity contribution in [3.8, 4) is 0 Å². The van der Waals surface area contributed by atoms with E-state index in [0.717, 1.165) is 0 Å². The van der Waals surface area contributed by atoms with Gasteiger partial charge in [0.2, 0.25) is 0 Å². The van der Waals surface area contributed by atoms with E-state index in [-0.39, 0.29) is 10.8 Å². The first kappa shape index (κ1) is 15.1. The van der Waals surface area contributed by atoms with Crippen LogP contribution in [0.3, 0.4) is 0 Å². The molecule has 0 heterocycles. The molecule has 0 saturated carbocycles. The summed E-state index contributed by atoms with van der Waals surface area (Å²) in [6, 6.07) is 18.1. The Balaban J connectivity index is 2.44. The first-order chi connectivity index (χ1) is 10.2. The van der Waals surface area contributed by atoms with Gasteiger partial charge in [0.25, 0.3) is 0 Å². The summed E-state index contributed by atoms with van der Waals surface area (Å²) < 4.78 is 0. The maximum Gasteiger partial charge on any atom is -0.0102 e. The van der Waals surface area contributed by atoms with Crippen LogP contribution < -0.4 is 0 Å². The predicted molar refractivity (Wildman–Crippen MR) is 98.9 cm³/mol. The summed E-state index contributed by atoms with van der Waals surface area (Å²) in [6.45, 7) is 13.7. The third kappa shape index (κ3) is 2.52. The fourth-order valence-electron chi connectivity index (χ4n) is 3.20. The van der Waals surface area contributed by atoms with E-state index in [9.17, 15) is 0 Å². The minimum Gasteiger partial charge on any atom is -0.0616 e. The van der Waals surface area contributed by atoms with Crippen molar-refractivity contribution in [2.24, 2.45) is 0 Å². The second-order valence-electron chi connectivity index (χ2n) is 8.41. The highest BCUT2D eigenvalue weighted by Crippen LogP contribution is 2.36. The van der Waals surface area contributed by atoms with Gasteiger partial charge in [-0.15, -0.1) is 0 Å². The van der Waals surface area contributed by atoms with Crippen LogP contribution in [-0.4, -0.2) is 0 Å². The largest absolute Gasteiger partial charge is 0.0616 e. The van der Waals surface area contributed by atoms with Gasteiger partial charge in [0.05, 0.1) is 0 Å². The lowest BCUT2D eigenvalue weighted by atomic mass is 9.80. The zero-order valence-electron chi connectivity index (χ0n) is 14.6. The van der Waals surface area contributed by atoms with Crippen molar-refractivity contribution in [2.75, 3.05) is 0 Å². The molecule has 22 heavy (non-hydrogen) atoms. The predicted octanol–water partition coefficient (Wildman–Crippen LogP) is 6.59. The topological polar surface area (TPSA) is 0 Å². The van der Waals surface area contributed by atoms with E-state index in [1.165, 1.54) is 32.7 Å². The monoisotopic (exact) mass is 290 g/mol. The Morgan fingerprint density at radius 1 is 0.591 bits per heavy atom. The van der Waals surface area contributed by atoms with E-state index in [1.807, 2.05) is 0 Å². The summed E-state index contributed by atoms with van der Waals surface area (Å²) in [5.74, 6) is 0. The molecule has 0 unspecified atom stereocenters. The number of fused-ring (bicyclic) bond motifs is 3. The summed E-state index contributed by atoms with van der Waals surface area (Å²) in [6.07, 6.45) is 0. The molecule has 114 valence electrons. The fraction of sp³-hybridized carbons (Fsp3) is 0.364. The van der Waals surface area contributed by atoms with Crippen molar-refractivity contribution in [1.82, 2.24) is 0 Å². The molecule has 0 nitrogen and oxygen atoms in total. The smallest absolute Gasteiger partial charge is 0.0102 e. The minimum absolute atomic E-state index is 0.144. The van der Waals surface area contributed by atoms with Gasteiger partial charge in [-0.3, -0.25) is 0 Å². The van der Waals surface area contributed by atoms with Gasteiger partial charge in [-0.2, -0.15) is 0 Å². The van der Waals surface area contributed by atoms with Crippen molar-refractivity contribution in [3.05, 3.63) is 59.7 Å². The molecule has 0 aromatic heterocycles. The van der Waals surface area contributed by atoms with Crippen molar-refractivity contribution in [2.45, 2.75) is 52.4 Å². The Labute approximate surface area is 134 Å². The first-order valence-electron chi connectivity index (χ1n) is 8.14. The molecule has 3 aromatic carbocycles. The molecular formula is C22H26. The number of rotatable bonds is 0. The van der Waals surface area contributed by atoms with Gasteiger partial charge in [0, 0.05) is 0 Å². The number of benzene rings is 3. The molecule has 0 radical (unpaired) electrons. The quantitative estimate of drug-likeness (QED) is 0.410. The van der Waals surface area contributed by atoms with Crippen LogP contribution in [-0.2, 0) is 10.8 Å². The second kappa shape index (κ2) is 4.84. The molecule has 0 saturated heterocycles. The third-order valence-corrected chi connectivity index (χ3v) is 4.53. The highest BCUT2D eigenvalue weighted by Gasteiger charge is 2.20.